The van der Waals surface area contributed by atoms with Crippen molar-refractivity contribution in [2.45, 2.75) is 38.3 Å². The summed E-state index contributed by atoms with van der Waals surface area (Å²) in [4.78, 5) is 22.6. The smallest absolute Gasteiger partial charge is 0.326 e. The number of hydrogen-bond acceptors (Lipinski definition) is 4. The van der Waals surface area contributed by atoms with Crippen LogP contribution in [0.3, 0.4) is 0 Å². The van der Waals surface area contributed by atoms with Crippen LogP contribution in [0.15, 0.2) is 0 Å². The molecule has 0 spiro atoms. The highest BCUT2D eigenvalue weighted by Crippen LogP contribution is 2.13. The largest absolute Gasteiger partial charge is 0.480 e. The quantitative estimate of drug-likeness (QED) is 0.719. The van der Waals surface area contributed by atoms with Crippen molar-refractivity contribution in [2.24, 2.45) is 5.92 Å². The van der Waals surface area contributed by atoms with Crippen LogP contribution < -0.4 is 5.32 Å². The van der Waals surface area contributed by atoms with E-state index in [1.54, 1.807) is 6.92 Å². The Bertz CT molecular complexity index is 331. The summed E-state index contributed by atoms with van der Waals surface area (Å²) >= 11 is 0. The van der Waals surface area contributed by atoms with Gasteiger partial charge < -0.3 is 15.2 Å². The fourth-order valence-electron chi connectivity index (χ4n) is 1.68. The Morgan fingerprint density at radius 1 is 1.65 bits per heavy atom. The molecule has 0 aliphatic carbocycles. The van der Waals surface area contributed by atoms with Gasteiger partial charge in [-0.3, -0.25) is 4.79 Å². The second-order valence-corrected chi connectivity index (χ2v) is 4.17. The molecule has 6 heteroatoms. The minimum Gasteiger partial charge on any atom is -0.480 e. The van der Waals surface area contributed by atoms with Crippen LogP contribution in [0.1, 0.15) is 26.2 Å². The molecule has 0 aromatic carbocycles. The number of ether oxygens (including phenoxy) is 1. The molecule has 1 aliphatic heterocycles. The SMILES string of the molecule is C[C@H](C#N)C[C@H](NC(=O)[C@H]1CCCO1)C(=O)O. The second-order valence-electron chi connectivity index (χ2n) is 4.17. The number of carboxylic acids is 1. The van der Waals surface area contributed by atoms with Crippen LogP contribution in [0.4, 0.5) is 0 Å². The summed E-state index contributed by atoms with van der Waals surface area (Å²) in [5, 5.41) is 20.0. The van der Waals surface area contributed by atoms with E-state index in [4.69, 9.17) is 15.1 Å². The molecule has 0 unspecified atom stereocenters. The van der Waals surface area contributed by atoms with Crippen LogP contribution in [0, 0.1) is 17.2 Å². The fourth-order valence-corrected chi connectivity index (χ4v) is 1.68. The van der Waals surface area contributed by atoms with Crippen LogP contribution >= 0.6 is 0 Å². The summed E-state index contributed by atoms with van der Waals surface area (Å²) in [7, 11) is 0. The minimum atomic E-state index is -1.13. The van der Waals surface area contributed by atoms with Gasteiger partial charge in [0.15, 0.2) is 0 Å². The molecular formula is C11H16N2O4. The molecule has 1 aliphatic rings. The Morgan fingerprint density at radius 2 is 2.35 bits per heavy atom. The van der Waals surface area contributed by atoms with Crippen molar-refractivity contribution < 1.29 is 19.4 Å². The van der Waals surface area contributed by atoms with E-state index in [1.165, 1.54) is 0 Å². The first kappa shape index (κ1) is 13.5. The van der Waals surface area contributed by atoms with Gasteiger partial charge in [0.25, 0.3) is 0 Å². The first-order chi connectivity index (χ1) is 8.04. The zero-order chi connectivity index (χ0) is 12.8. The molecule has 1 rings (SSSR count). The lowest BCUT2D eigenvalue weighted by Crippen LogP contribution is -2.46. The summed E-state index contributed by atoms with van der Waals surface area (Å²) in [6.45, 7) is 2.15. The Kier molecular flexibility index (Phi) is 4.91. The maximum Gasteiger partial charge on any atom is 0.326 e. The normalized spacial score (nSPS) is 22.5. The fraction of sp³-hybridized carbons (Fsp3) is 0.727. The molecule has 2 N–H and O–H groups in total. The summed E-state index contributed by atoms with van der Waals surface area (Å²) in [5.41, 5.74) is 0. The Hall–Kier alpha value is -1.61. The monoisotopic (exact) mass is 240 g/mol. The summed E-state index contributed by atoms with van der Waals surface area (Å²) in [6, 6.07) is 0.921. The maximum absolute atomic E-state index is 11.6. The van der Waals surface area contributed by atoms with Crippen molar-refractivity contribution in [1.82, 2.24) is 5.32 Å². The number of nitrogens with zero attached hydrogens (tertiary/aromatic N) is 1. The third kappa shape index (κ3) is 4.04. The van der Waals surface area contributed by atoms with E-state index in [2.05, 4.69) is 5.32 Å². The Balaban J connectivity index is 2.51. The average molecular weight is 240 g/mol. The van der Waals surface area contributed by atoms with Crippen molar-refractivity contribution in [3.05, 3.63) is 0 Å². The lowest BCUT2D eigenvalue weighted by Gasteiger charge is -2.17. The standard InChI is InChI=1S/C11H16N2O4/c1-7(6-12)5-8(11(15)16)13-10(14)9-3-2-4-17-9/h7-9H,2-5H2,1H3,(H,13,14)(H,15,16)/t7-,8-,9+/m0/s1. The van der Waals surface area contributed by atoms with E-state index in [1.807, 2.05) is 6.07 Å². The number of hydrogen-bond donors (Lipinski definition) is 2. The topological polar surface area (TPSA) is 99.4 Å². The Morgan fingerprint density at radius 3 is 2.82 bits per heavy atom. The highest BCUT2D eigenvalue weighted by molar-refractivity contribution is 5.86. The third-order valence-electron chi connectivity index (χ3n) is 2.65. The number of nitrogens with one attached hydrogen (secondary N) is 1. The number of nitriles is 1. The van der Waals surface area contributed by atoms with Gasteiger partial charge in [0.2, 0.25) is 5.91 Å². The zero-order valence-corrected chi connectivity index (χ0v) is 9.68. The highest BCUT2D eigenvalue weighted by Gasteiger charge is 2.28. The second kappa shape index (κ2) is 6.21. The number of aliphatic carboxylic acids is 1. The van der Waals surface area contributed by atoms with E-state index in [-0.39, 0.29) is 6.42 Å². The van der Waals surface area contributed by atoms with Crippen LogP contribution in [0.5, 0.6) is 0 Å². The van der Waals surface area contributed by atoms with Crippen molar-refractivity contribution in [3.8, 4) is 6.07 Å². The molecule has 0 aromatic rings. The van der Waals surface area contributed by atoms with Crippen LogP contribution in [-0.4, -0.2) is 35.7 Å². The van der Waals surface area contributed by atoms with Crippen LogP contribution in [0.25, 0.3) is 0 Å². The number of amides is 1. The lowest BCUT2D eigenvalue weighted by molar-refractivity contribution is -0.144. The number of carbonyl (C=O) groups excluding carboxylic acids is 1. The lowest BCUT2D eigenvalue weighted by atomic mass is 10.0. The molecule has 0 saturated carbocycles. The molecule has 6 nitrogen and oxygen atoms in total. The summed E-state index contributed by atoms with van der Waals surface area (Å²) < 4.78 is 5.16. The van der Waals surface area contributed by atoms with Gasteiger partial charge in [-0.2, -0.15) is 5.26 Å². The Labute approximate surface area is 99.6 Å². The molecule has 94 valence electrons. The molecule has 1 fully saturated rings. The molecule has 17 heavy (non-hydrogen) atoms. The van der Waals surface area contributed by atoms with Crippen molar-refractivity contribution >= 4 is 11.9 Å². The zero-order valence-electron chi connectivity index (χ0n) is 9.68. The molecule has 0 bridgehead atoms. The van der Waals surface area contributed by atoms with E-state index < -0.39 is 29.9 Å². The molecule has 0 radical (unpaired) electrons. The number of carboxylic acid groups (broad SMARTS) is 1. The first-order valence-corrected chi connectivity index (χ1v) is 5.59. The van der Waals surface area contributed by atoms with Gasteiger partial charge in [0, 0.05) is 12.5 Å². The van der Waals surface area contributed by atoms with E-state index in [9.17, 15) is 9.59 Å². The molecule has 1 saturated heterocycles. The van der Waals surface area contributed by atoms with Crippen molar-refractivity contribution in [3.63, 3.8) is 0 Å². The average Bonchev–Trinajstić information content (AvgIpc) is 2.81. The van der Waals surface area contributed by atoms with Crippen LogP contribution in [-0.2, 0) is 14.3 Å². The highest BCUT2D eigenvalue weighted by atomic mass is 16.5. The summed E-state index contributed by atoms with van der Waals surface area (Å²) in [5.74, 6) is -1.95. The van der Waals surface area contributed by atoms with Gasteiger partial charge in [0.1, 0.15) is 12.1 Å². The third-order valence-corrected chi connectivity index (χ3v) is 2.65. The van der Waals surface area contributed by atoms with E-state index >= 15 is 0 Å². The van der Waals surface area contributed by atoms with Crippen molar-refractivity contribution in [2.75, 3.05) is 6.61 Å². The minimum absolute atomic E-state index is 0.101. The predicted molar refractivity (Wildman–Crippen MR) is 57.9 cm³/mol. The molecule has 1 heterocycles. The molecule has 1 amide bonds. The molecule has 3 atom stereocenters. The van der Waals surface area contributed by atoms with E-state index in [0.717, 1.165) is 6.42 Å². The van der Waals surface area contributed by atoms with Crippen LogP contribution in [0.2, 0.25) is 0 Å². The number of rotatable bonds is 5. The van der Waals surface area contributed by atoms with Gasteiger partial charge in [-0.1, -0.05) is 0 Å². The summed E-state index contributed by atoms with van der Waals surface area (Å²) in [6.07, 6.45) is 0.981. The van der Waals surface area contributed by atoms with E-state index in [0.29, 0.717) is 13.0 Å². The number of carbonyl (C=O) groups is 2. The molecule has 0 aromatic heterocycles. The van der Waals surface area contributed by atoms with Gasteiger partial charge in [-0.15, -0.1) is 0 Å². The molecular weight excluding hydrogens is 224 g/mol. The van der Waals surface area contributed by atoms with Gasteiger partial charge in [-0.05, 0) is 26.2 Å². The van der Waals surface area contributed by atoms with Gasteiger partial charge in [-0.25, -0.2) is 4.79 Å². The maximum atomic E-state index is 11.6. The van der Waals surface area contributed by atoms with Gasteiger partial charge in [0.05, 0.1) is 6.07 Å². The van der Waals surface area contributed by atoms with Crippen molar-refractivity contribution in [1.29, 1.82) is 5.26 Å². The first-order valence-electron chi connectivity index (χ1n) is 5.59. The predicted octanol–water partition coefficient (Wildman–Crippen LogP) is 0.285. The van der Waals surface area contributed by atoms with Gasteiger partial charge >= 0.3 is 5.97 Å².